The predicted octanol–water partition coefficient (Wildman–Crippen LogP) is 0.458. The Morgan fingerprint density at radius 2 is 2.00 bits per heavy atom. The number of carbonyl (C=O) groups excluding carboxylic acids is 1. The second kappa shape index (κ2) is 5.20. The molecule has 0 aliphatic carbocycles. The van der Waals surface area contributed by atoms with E-state index < -0.39 is 5.91 Å². The van der Waals surface area contributed by atoms with Crippen molar-refractivity contribution in [2.45, 2.75) is 13.0 Å². The highest BCUT2D eigenvalue weighted by molar-refractivity contribution is 5.76. The van der Waals surface area contributed by atoms with E-state index >= 15 is 0 Å². The fourth-order valence-electron chi connectivity index (χ4n) is 2.04. The Bertz CT molecular complexity index is 851. The van der Waals surface area contributed by atoms with Crippen LogP contribution in [0.15, 0.2) is 47.5 Å². The Labute approximate surface area is 119 Å². The molecule has 0 fully saturated rings. The summed E-state index contributed by atoms with van der Waals surface area (Å²) in [7, 11) is 0. The molecule has 2 heterocycles. The summed E-state index contributed by atoms with van der Waals surface area (Å²) in [5.41, 5.74) is 5.93. The molecular formula is C14H13N5O2. The van der Waals surface area contributed by atoms with Crippen molar-refractivity contribution in [1.29, 1.82) is 0 Å². The van der Waals surface area contributed by atoms with E-state index in [9.17, 15) is 9.59 Å². The summed E-state index contributed by atoms with van der Waals surface area (Å²) in [5.74, 6) is -0.474. The van der Waals surface area contributed by atoms with E-state index in [1.54, 1.807) is 17.1 Å². The number of aromatic nitrogens is 4. The van der Waals surface area contributed by atoms with Gasteiger partial charge in [-0.25, -0.2) is 9.36 Å². The lowest BCUT2D eigenvalue weighted by atomic mass is 10.3. The molecule has 0 spiro atoms. The van der Waals surface area contributed by atoms with Gasteiger partial charge in [0.1, 0.15) is 0 Å². The first-order valence-corrected chi connectivity index (χ1v) is 6.44. The van der Waals surface area contributed by atoms with Crippen molar-refractivity contribution in [2.24, 2.45) is 5.73 Å². The molecule has 2 aromatic heterocycles. The summed E-state index contributed by atoms with van der Waals surface area (Å²) in [6, 6.07) is 9.48. The summed E-state index contributed by atoms with van der Waals surface area (Å²) >= 11 is 0. The van der Waals surface area contributed by atoms with Gasteiger partial charge in [-0.2, -0.15) is 10.2 Å². The minimum atomic E-state index is -0.474. The van der Waals surface area contributed by atoms with Crippen molar-refractivity contribution in [3.05, 3.63) is 53.1 Å². The molecule has 0 bridgehead atoms. The van der Waals surface area contributed by atoms with Crippen LogP contribution >= 0.6 is 0 Å². The molecule has 3 aromatic rings. The lowest BCUT2D eigenvalue weighted by Gasteiger charge is -2.00. The molecule has 7 heteroatoms. The van der Waals surface area contributed by atoms with Crippen LogP contribution in [0.3, 0.4) is 0 Å². The first-order chi connectivity index (χ1) is 10.1. The number of carbonyl (C=O) groups is 1. The van der Waals surface area contributed by atoms with Gasteiger partial charge in [0.25, 0.3) is 5.56 Å². The number of aryl methyl sites for hydroxylation is 1. The van der Waals surface area contributed by atoms with Crippen LogP contribution in [0, 0.1) is 0 Å². The summed E-state index contributed by atoms with van der Waals surface area (Å²) in [6.07, 6.45) is 3.37. The molecule has 1 aromatic carbocycles. The predicted molar refractivity (Wildman–Crippen MR) is 76.9 cm³/mol. The van der Waals surface area contributed by atoms with Gasteiger partial charge >= 0.3 is 0 Å². The second-order valence-corrected chi connectivity index (χ2v) is 4.60. The standard InChI is InChI=1S/C14H13N5O2/c15-12(20)6-7-18-14(21)13-10(8-16-18)9-19(17-13)11-4-2-1-3-5-11/h1-5,8-9H,6-7H2,(H2,15,20). The van der Waals surface area contributed by atoms with E-state index in [0.717, 1.165) is 5.69 Å². The molecule has 0 saturated carbocycles. The molecular weight excluding hydrogens is 270 g/mol. The zero-order valence-corrected chi connectivity index (χ0v) is 11.1. The number of rotatable bonds is 4. The number of benzene rings is 1. The van der Waals surface area contributed by atoms with E-state index in [1.807, 2.05) is 30.3 Å². The third-order valence-electron chi connectivity index (χ3n) is 3.11. The Balaban J connectivity index is 2.04. The maximum Gasteiger partial charge on any atom is 0.295 e. The summed E-state index contributed by atoms with van der Waals surface area (Å²) in [4.78, 5) is 23.1. The van der Waals surface area contributed by atoms with E-state index in [0.29, 0.717) is 10.9 Å². The van der Waals surface area contributed by atoms with Crippen molar-refractivity contribution >= 4 is 16.8 Å². The molecule has 7 nitrogen and oxygen atoms in total. The van der Waals surface area contributed by atoms with Crippen molar-refractivity contribution in [3.8, 4) is 5.69 Å². The van der Waals surface area contributed by atoms with Gasteiger partial charge in [0.2, 0.25) is 5.91 Å². The van der Waals surface area contributed by atoms with Crippen molar-refractivity contribution < 1.29 is 4.79 Å². The molecule has 3 rings (SSSR count). The van der Waals surface area contributed by atoms with E-state index in [4.69, 9.17) is 5.73 Å². The fourth-order valence-corrected chi connectivity index (χ4v) is 2.04. The monoisotopic (exact) mass is 283 g/mol. The first kappa shape index (κ1) is 13.0. The van der Waals surface area contributed by atoms with Crippen LogP contribution in [0.25, 0.3) is 16.6 Å². The highest BCUT2D eigenvalue weighted by Gasteiger charge is 2.10. The fraction of sp³-hybridized carbons (Fsp3) is 0.143. The van der Waals surface area contributed by atoms with Crippen LogP contribution in [-0.2, 0) is 11.3 Å². The minimum absolute atomic E-state index is 0.0673. The Kier molecular flexibility index (Phi) is 3.23. The number of primary amides is 1. The molecule has 106 valence electrons. The number of para-hydroxylation sites is 1. The van der Waals surface area contributed by atoms with Crippen LogP contribution in [0.2, 0.25) is 0 Å². The second-order valence-electron chi connectivity index (χ2n) is 4.60. The lowest BCUT2D eigenvalue weighted by Crippen LogP contribution is -2.25. The number of amides is 1. The molecule has 0 saturated heterocycles. The number of hydrogen-bond acceptors (Lipinski definition) is 4. The van der Waals surface area contributed by atoms with Crippen LogP contribution in [0.4, 0.5) is 0 Å². The number of fused-ring (bicyclic) bond motifs is 1. The maximum atomic E-state index is 12.3. The lowest BCUT2D eigenvalue weighted by molar-refractivity contribution is -0.118. The van der Waals surface area contributed by atoms with Gasteiger partial charge in [-0.05, 0) is 12.1 Å². The third-order valence-corrected chi connectivity index (χ3v) is 3.11. The summed E-state index contributed by atoms with van der Waals surface area (Å²) in [6.45, 7) is 0.155. The molecule has 0 radical (unpaired) electrons. The molecule has 0 aliphatic heterocycles. The van der Waals surface area contributed by atoms with E-state index in [1.165, 1.54) is 4.68 Å². The van der Waals surface area contributed by atoms with E-state index in [2.05, 4.69) is 10.2 Å². The molecule has 1 amide bonds. The molecule has 21 heavy (non-hydrogen) atoms. The normalized spacial score (nSPS) is 10.9. The summed E-state index contributed by atoms with van der Waals surface area (Å²) < 4.78 is 2.83. The smallest absolute Gasteiger partial charge is 0.295 e. The highest BCUT2D eigenvalue weighted by atomic mass is 16.1. The Morgan fingerprint density at radius 3 is 2.71 bits per heavy atom. The zero-order chi connectivity index (χ0) is 14.8. The largest absolute Gasteiger partial charge is 0.370 e. The SMILES string of the molecule is NC(=O)CCn1ncc2cn(-c3ccccc3)nc2c1=O. The average molecular weight is 283 g/mol. The van der Waals surface area contributed by atoms with Gasteiger partial charge in [0.05, 0.1) is 18.4 Å². The minimum Gasteiger partial charge on any atom is -0.370 e. The Morgan fingerprint density at radius 1 is 1.24 bits per heavy atom. The Hall–Kier alpha value is -2.96. The van der Waals surface area contributed by atoms with E-state index in [-0.39, 0.29) is 18.5 Å². The molecule has 0 unspecified atom stereocenters. The third kappa shape index (κ3) is 2.53. The van der Waals surface area contributed by atoms with Gasteiger partial charge in [0, 0.05) is 18.0 Å². The number of nitrogens with zero attached hydrogens (tertiary/aromatic N) is 4. The van der Waals surface area contributed by atoms with Crippen LogP contribution < -0.4 is 11.3 Å². The van der Waals surface area contributed by atoms with Gasteiger partial charge in [-0.1, -0.05) is 18.2 Å². The van der Waals surface area contributed by atoms with Crippen LogP contribution in [0.5, 0.6) is 0 Å². The van der Waals surface area contributed by atoms with Crippen molar-refractivity contribution in [2.75, 3.05) is 0 Å². The maximum absolute atomic E-state index is 12.3. The molecule has 0 atom stereocenters. The average Bonchev–Trinajstić information content (AvgIpc) is 2.92. The molecule has 0 aliphatic rings. The van der Waals surface area contributed by atoms with Crippen LogP contribution in [-0.4, -0.2) is 25.5 Å². The van der Waals surface area contributed by atoms with Crippen LogP contribution in [0.1, 0.15) is 6.42 Å². The van der Waals surface area contributed by atoms with Crippen molar-refractivity contribution in [3.63, 3.8) is 0 Å². The topological polar surface area (TPSA) is 95.8 Å². The van der Waals surface area contributed by atoms with Gasteiger partial charge in [0.15, 0.2) is 5.52 Å². The van der Waals surface area contributed by atoms with Gasteiger partial charge in [-0.3, -0.25) is 9.59 Å². The highest BCUT2D eigenvalue weighted by Crippen LogP contribution is 2.11. The zero-order valence-electron chi connectivity index (χ0n) is 11.1. The summed E-state index contributed by atoms with van der Waals surface area (Å²) in [5, 5.41) is 8.98. The van der Waals surface area contributed by atoms with Gasteiger partial charge < -0.3 is 5.73 Å². The van der Waals surface area contributed by atoms with Crippen molar-refractivity contribution in [1.82, 2.24) is 19.6 Å². The first-order valence-electron chi connectivity index (χ1n) is 6.44. The number of hydrogen-bond donors (Lipinski definition) is 1. The van der Waals surface area contributed by atoms with Gasteiger partial charge in [-0.15, -0.1) is 0 Å². The molecule has 2 N–H and O–H groups in total. The number of nitrogens with two attached hydrogens (primary N) is 1. The quantitative estimate of drug-likeness (QED) is 0.752.